The lowest BCUT2D eigenvalue weighted by atomic mass is 10.2. The van der Waals surface area contributed by atoms with Gasteiger partial charge in [0.1, 0.15) is 0 Å². The minimum atomic E-state index is -3.19. The third-order valence-electron chi connectivity index (χ3n) is 3.34. The molecular weight excluding hydrogens is 260 g/mol. The molecule has 0 unspecified atom stereocenters. The molecule has 106 valence electrons. The summed E-state index contributed by atoms with van der Waals surface area (Å²) in [6, 6.07) is 7.76. The van der Waals surface area contributed by atoms with Gasteiger partial charge in [0.2, 0.25) is 0 Å². The second-order valence-corrected chi connectivity index (χ2v) is 7.08. The molecule has 0 heterocycles. The molecule has 1 aromatic carbocycles. The molecule has 0 aliphatic heterocycles. The van der Waals surface area contributed by atoms with Crippen LogP contribution in [0.2, 0.25) is 0 Å². The van der Waals surface area contributed by atoms with Gasteiger partial charge in [-0.2, -0.15) is 0 Å². The van der Waals surface area contributed by atoms with Gasteiger partial charge in [-0.3, -0.25) is 0 Å². The summed E-state index contributed by atoms with van der Waals surface area (Å²) in [6.07, 6.45) is 2.89. The van der Waals surface area contributed by atoms with E-state index in [1.165, 1.54) is 0 Å². The van der Waals surface area contributed by atoms with Crippen molar-refractivity contribution in [1.82, 2.24) is 0 Å². The summed E-state index contributed by atoms with van der Waals surface area (Å²) in [4.78, 5) is 2.61. The Morgan fingerprint density at radius 2 is 2.00 bits per heavy atom. The number of sulfone groups is 1. The molecule has 1 aromatic rings. The van der Waals surface area contributed by atoms with Gasteiger partial charge in [-0.1, -0.05) is 19.1 Å². The lowest BCUT2D eigenvalue weighted by Crippen LogP contribution is -2.32. The first-order valence-corrected chi connectivity index (χ1v) is 8.54. The van der Waals surface area contributed by atoms with Gasteiger partial charge >= 0.3 is 0 Å². The maximum atomic E-state index is 12.3. The first-order chi connectivity index (χ1) is 9.10. The smallest absolute Gasteiger partial charge is 0.180 e. The number of nitrogens with two attached hydrogens (primary N) is 1. The summed E-state index contributed by atoms with van der Waals surface area (Å²) >= 11 is 0. The summed E-state index contributed by atoms with van der Waals surface area (Å²) in [5.74, 6) is 0.200. The molecule has 1 saturated carbocycles. The van der Waals surface area contributed by atoms with Crippen LogP contribution in [0, 0.1) is 0 Å². The molecule has 0 atom stereocenters. The van der Waals surface area contributed by atoms with Crippen molar-refractivity contribution in [3.8, 4) is 0 Å². The van der Waals surface area contributed by atoms with E-state index in [4.69, 9.17) is 5.73 Å². The molecule has 19 heavy (non-hydrogen) atoms. The van der Waals surface area contributed by atoms with Crippen LogP contribution in [0.5, 0.6) is 0 Å². The maximum absolute atomic E-state index is 12.3. The summed E-state index contributed by atoms with van der Waals surface area (Å²) in [7, 11) is -3.19. The highest BCUT2D eigenvalue weighted by molar-refractivity contribution is 7.91. The Hall–Kier alpha value is -1.07. The summed E-state index contributed by atoms with van der Waals surface area (Å²) in [6.45, 7) is 3.14. The number of nitrogens with zero attached hydrogens (tertiary/aromatic N) is 1. The topological polar surface area (TPSA) is 63.4 Å². The van der Waals surface area contributed by atoms with Crippen LogP contribution in [0.15, 0.2) is 29.2 Å². The zero-order chi connectivity index (χ0) is 13.9. The molecule has 1 aliphatic rings. The largest absolute Gasteiger partial charge is 0.366 e. The van der Waals surface area contributed by atoms with E-state index in [0.717, 1.165) is 18.5 Å². The van der Waals surface area contributed by atoms with Gasteiger partial charge in [-0.15, -0.1) is 0 Å². The second-order valence-electron chi connectivity index (χ2n) is 5.00. The summed E-state index contributed by atoms with van der Waals surface area (Å²) < 4.78 is 24.7. The number of benzene rings is 1. The molecule has 2 rings (SSSR count). The van der Waals surface area contributed by atoms with Crippen molar-refractivity contribution >= 4 is 15.5 Å². The van der Waals surface area contributed by atoms with E-state index in [1.807, 2.05) is 19.1 Å². The Morgan fingerprint density at radius 1 is 1.32 bits per heavy atom. The van der Waals surface area contributed by atoms with Gasteiger partial charge < -0.3 is 10.6 Å². The van der Waals surface area contributed by atoms with Gasteiger partial charge in [0.05, 0.1) is 16.3 Å². The number of hydrogen-bond donors (Lipinski definition) is 1. The Labute approximate surface area is 115 Å². The van der Waals surface area contributed by atoms with Crippen LogP contribution in [-0.4, -0.2) is 33.3 Å². The highest BCUT2D eigenvalue weighted by atomic mass is 32.2. The Kier molecular flexibility index (Phi) is 4.47. The molecule has 0 aromatic heterocycles. The van der Waals surface area contributed by atoms with Crippen LogP contribution in [0.1, 0.15) is 26.2 Å². The van der Waals surface area contributed by atoms with Crippen LogP contribution < -0.4 is 10.6 Å². The van der Waals surface area contributed by atoms with Crippen LogP contribution in [0.3, 0.4) is 0 Å². The Morgan fingerprint density at radius 3 is 2.58 bits per heavy atom. The highest BCUT2D eigenvalue weighted by Crippen LogP contribution is 2.35. The van der Waals surface area contributed by atoms with E-state index in [0.29, 0.717) is 30.4 Å². The number of rotatable bonds is 7. The van der Waals surface area contributed by atoms with Gasteiger partial charge in [0.25, 0.3) is 0 Å². The monoisotopic (exact) mass is 282 g/mol. The van der Waals surface area contributed by atoms with Crippen LogP contribution in [-0.2, 0) is 9.84 Å². The van der Waals surface area contributed by atoms with E-state index in [1.54, 1.807) is 12.1 Å². The molecule has 0 amide bonds. The zero-order valence-corrected chi connectivity index (χ0v) is 12.2. The van der Waals surface area contributed by atoms with Gasteiger partial charge in [0.15, 0.2) is 9.84 Å². The van der Waals surface area contributed by atoms with E-state index in [-0.39, 0.29) is 5.75 Å². The van der Waals surface area contributed by atoms with Gasteiger partial charge in [0, 0.05) is 19.1 Å². The van der Waals surface area contributed by atoms with Crippen LogP contribution in [0.25, 0.3) is 0 Å². The van der Waals surface area contributed by atoms with Crippen LogP contribution >= 0.6 is 0 Å². The number of para-hydroxylation sites is 1. The third kappa shape index (κ3) is 3.28. The molecule has 0 spiro atoms. The van der Waals surface area contributed by atoms with Crippen molar-refractivity contribution in [1.29, 1.82) is 0 Å². The minimum Gasteiger partial charge on any atom is -0.366 e. The first-order valence-electron chi connectivity index (χ1n) is 6.88. The molecule has 0 saturated heterocycles. The molecule has 2 N–H and O–H groups in total. The van der Waals surface area contributed by atoms with E-state index in [9.17, 15) is 8.42 Å². The zero-order valence-electron chi connectivity index (χ0n) is 11.4. The predicted octanol–water partition coefficient (Wildman–Crippen LogP) is 1.80. The standard InChI is InChI=1S/C14H22N2O2S/c1-2-11-19(17,18)14-6-4-3-5-13(14)16(10-9-15)12-7-8-12/h3-6,12H,2,7-11,15H2,1H3. The Balaban J connectivity index is 2.39. The molecule has 5 heteroatoms. The molecule has 0 radical (unpaired) electrons. The lowest BCUT2D eigenvalue weighted by Gasteiger charge is -2.26. The minimum absolute atomic E-state index is 0.200. The third-order valence-corrected chi connectivity index (χ3v) is 5.30. The van der Waals surface area contributed by atoms with Crippen LogP contribution in [0.4, 0.5) is 5.69 Å². The van der Waals surface area contributed by atoms with E-state index < -0.39 is 9.84 Å². The van der Waals surface area contributed by atoms with Gasteiger partial charge in [-0.05, 0) is 31.4 Å². The van der Waals surface area contributed by atoms with Crippen molar-refractivity contribution in [2.45, 2.75) is 37.1 Å². The molecule has 1 fully saturated rings. The van der Waals surface area contributed by atoms with Crippen molar-refractivity contribution in [3.05, 3.63) is 24.3 Å². The number of hydrogen-bond acceptors (Lipinski definition) is 4. The average Bonchev–Trinajstić information content (AvgIpc) is 3.20. The highest BCUT2D eigenvalue weighted by Gasteiger charge is 2.31. The fourth-order valence-electron chi connectivity index (χ4n) is 2.36. The van der Waals surface area contributed by atoms with Crippen molar-refractivity contribution < 1.29 is 8.42 Å². The average molecular weight is 282 g/mol. The molecule has 1 aliphatic carbocycles. The Bertz CT molecular complexity index is 524. The van der Waals surface area contributed by atoms with Crippen molar-refractivity contribution in [2.24, 2.45) is 5.73 Å². The molecule has 0 bridgehead atoms. The quantitative estimate of drug-likeness (QED) is 0.828. The van der Waals surface area contributed by atoms with Crippen molar-refractivity contribution in [3.63, 3.8) is 0 Å². The van der Waals surface area contributed by atoms with Crippen molar-refractivity contribution in [2.75, 3.05) is 23.7 Å². The SMILES string of the molecule is CCCS(=O)(=O)c1ccccc1N(CCN)C1CC1. The van der Waals surface area contributed by atoms with Gasteiger partial charge in [-0.25, -0.2) is 8.42 Å². The summed E-state index contributed by atoms with van der Waals surface area (Å²) in [5, 5.41) is 0. The fraction of sp³-hybridized carbons (Fsp3) is 0.571. The first kappa shape index (κ1) is 14.3. The normalized spacial score (nSPS) is 15.5. The number of anilines is 1. The maximum Gasteiger partial charge on any atom is 0.180 e. The van der Waals surface area contributed by atoms with E-state index >= 15 is 0 Å². The van der Waals surface area contributed by atoms with E-state index in [2.05, 4.69) is 4.90 Å². The fourth-order valence-corrected chi connectivity index (χ4v) is 3.91. The molecule has 4 nitrogen and oxygen atoms in total. The summed E-state index contributed by atoms with van der Waals surface area (Å²) in [5.41, 5.74) is 6.48. The predicted molar refractivity (Wildman–Crippen MR) is 78.2 cm³/mol. The lowest BCUT2D eigenvalue weighted by molar-refractivity contribution is 0.594. The second kappa shape index (κ2) is 5.92. The molecular formula is C14H22N2O2S.